The van der Waals surface area contributed by atoms with Gasteiger partial charge in [0, 0.05) is 19.2 Å². The number of anilines is 2. The van der Waals surface area contributed by atoms with Crippen molar-refractivity contribution in [1.82, 2.24) is 9.97 Å². The Morgan fingerprint density at radius 3 is 2.70 bits per heavy atom. The highest BCUT2D eigenvalue weighted by molar-refractivity contribution is 5.77. The summed E-state index contributed by atoms with van der Waals surface area (Å²) in [6.07, 6.45) is 4.42. The molecule has 6 heteroatoms. The maximum Gasteiger partial charge on any atom is 0.326 e. The number of carboxylic acid groups (broad SMARTS) is 1. The van der Waals surface area contributed by atoms with Gasteiger partial charge in [-0.05, 0) is 25.2 Å². The Labute approximate surface area is 119 Å². The van der Waals surface area contributed by atoms with Crippen LogP contribution in [0.1, 0.15) is 33.1 Å². The van der Waals surface area contributed by atoms with Crippen LogP contribution >= 0.6 is 0 Å². The van der Waals surface area contributed by atoms with Crippen LogP contribution in [0.25, 0.3) is 0 Å². The Bertz CT molecular complexity index is 458. The van der Waals surface area contributed by atoms with Crippen LogP contribution < -0.4 is 10.2 Å². The van der Waals surface area contributed by atoms with Crippen LogP contribution in [0.5, 0.6) is 0 Å². The van der Waals surface area contributed by atoms with Crippen molar-refractivity contribution in [1.29, 1.82) is 0 Å². The first-order valence-corrected chi connectivity index (χ1v) is 7.12. The molecule has 0 unspecified atom stereocenters. The van der Waals surface area contributed by atoms with E-state index in [1.807, 2.05) is 19.9 Å². The molecular weight excluding hydrogens is 256 g/mol. The van der Waals surface area contributed by atoms with Crippen molar-refractivity contribution >= 4 is 17.6 Å². The zero-order chi connectivity index (χ0) is 14.5. The minimum atomic E-state index is -0.847. The molecule has 6 nitrogen and oxygen atoms in total. The van der Waals surface area contributed by atoms with E-state index in [2.05, 4.69) is 20.2 Å². The van der Waals surface area contributed by atoms with Crippen LogP contribution in [0.3, 0.4) is 0 Å². The van der Waals surface area contributed by atoms with Gasteiger partial charge in [0.1, 0.15) is 24.0 Å². The molecule has 0 radical (unpaired) electrons. The average Bonchev–Trinajstić information content (AvgIpc) is 2.91. The Hall–Kier alpha value is -1.85. The van der Waals surface area contributed by atoms with Crippen molar-refractivity contribution in [3.05, 3.63) is 12.4 Å². The summed E-state index contributed by atoms with van der Waals surface area (Å²) in [7, 11) is 0. The Balaban J connectivity index is 2.07. The quantitative estimate of drug-likeness (QED) is 0.828. The molecule has 0 saturated carbocycles. The third-order valence-electron chi connectivity index (χ3n) is 3.41. The molecule has 1 aliphatic rings. The highest BCUT2D eigenvalue weighted by Crippen LogP contribution is 2.20. The fourth-order valence-electron chi connectivity index (χ4n) is 2.42. The standard InChI is InChI=1S/C14H22N4O2/c1-10(2)7-11(14(19)20)17-12-8-13(16-9-15-12)18-5-3-4-6-18/h8-11H,3-7H2,1-2H3,(H,19,20)(H,15,16,17)/t11-/m1/s1. The van der Waals surface area contributed by atoms with Gasteiger partial charge in [0.15, 0.2) is 0 Å². The number of carbonyl (C=O) groups is 1. The first kappa shape index (κ1) is 14.6. The Morgan fingerprint density at radius 2 is 2.10 bits per heavy atom. The molecule has 1 saturated heterocycles. The lowest BCUT2D eigenvalue weighted by atomic mass is 10.0. The van der Waals surface area contributed by atoms with Gasteiger partial charge in [0.2, 0.25) is 0 Å². The largest absolute Gasteiger partial charge is 0.480 e. The van der Waals surface area contributed by atoms with Crippen molar-refractivity contribution in [3.63, 3.8) is 0 Å². The van der Waals surface area contributed by atoms with Crippen molar-refractivity contribution < 1.29 is 9.90 Å². The lowest BCUT2D eigenvalue weighted by Crippen LogP contribution is -2.31. The first-order valence-electron chi connectivity index (χ1n) is 7.12. The van der Waals surface area contributed by atoms with Crippen molar-refractivity contribution in [2.24, 2.45) is 5.92 Å². The summed E-state index contributed by atoms with van der Waals surface area (Å²) in [5, 5.41) is 12.2. The average molecular weight is 278 g/mol. The first-order chi connectivity index (χ1) is 9.56. The Kier molecular flexibility index (Phi) is 4.76. The molecule has 1 aromatic rings. The highest BCUT2D eigenvalue weighted by Gasteiger charge is 2.20. The minimum Gasteiger partial charge on any atom is -0.480 e. The molecule has 1 atom stereocenters. The normalized spacial score (nSPS) is 16.4. The molecule has 20 heavy (non-hydrogen) atoms. The van der Waals surface area contributed by atoms with Gasteiger partial charge in [-0.15, -0.1) is 0 Å². The summed E-state index contributed by atoms with van der Waals surface area (Å²) < 4.78 is 0. The topological polar surface area (TPSA) is 78.3 Å². The molecule has 0 aliphatic carbocycles. The maximum absolute atomic E-state index is 11.3. The number of nitrogens with zero attached hydrogens (tertiary/aromatic N) is 3. The second-order valence-corrected chi connectivity index (χ2v) is 5.62. The molecule has 110 valence electrons. The Morgan fingerprint density at radius 1 is 1.40 bits per heavy atom. The molecule has 0 amide bonds. The zero-order valence-corrected chi connectivity index (χ0v) is 12.0. The molecule has 1 aromatic heterocycles. The fourth-order valence-corrected chi connectivity index (χ4v) is 2.42. The predicted octanol–water partition coefficient (Wildman–Crippen LogP) is 1.99. The molecule has 0 spiro atoms. The number of hydrogen-bond donors (Lipinski definition) is 2. The van der Waals surface area contributed by atoms with Gasteiger partial charge in [0.25, 0.3) is 0 Å². The number of aliphatic carboxylic acids is 1. The van der Waals surface area contributed by atoms with E-state index in [-0.39, 0.29) is 0 Å². The number of carboxylic acids is 1. The number of hydrogen-bond acceptors (Lipinski definition) is 5. The monoisotopic (exact) mass is 278 g/mol. The SMILES string of the molecule is CC(C)C[C@@H](Nc1cc(N2CCCC2)ncn1)C(=O)O. The summed E-state index contributed by atoms with van der Waals surface area (Å²) in [6.45, 7) is 6.02. The summed E-state index contributed by atoms with van der Waals surface area (Å²) in [5.41, 5.74) is 0. The number of nitrogens with one attached hydrogen (secondary N) is 1. The van der Waals surface area contributed by atoms with Gasteiger partial charge in [-0.2, -0.15) is 0 Å². The molecule has 2 N–H and O–H groups in total. The van der Waals surface area contributed by atoms with Crippen LogP contribution in [0.4, 0.5) is 11.6 Å². The van der Waals surface area contributed by atoms with Gasteiger partial charge in [-0.3, -0.25) is 0 Å². The second kappa shape index (κ2) is 6.54. The highest BCUT2D eigenvalue weighted by atomic mass is 16.4. The van der Waals surface area contributed by atoms with E-state index in [0.717, 1.165) is 18.9 Å². The van der Waals surface area contributed by atoms with Gasteiger partial charge in [0.05, 0.1) is 0 Å². The van der Waals surface area contributed by atoms with Crippen LogP contribution in [-0.4, -0.2) is 40.2 Å². The molecule has 2 rings (SSSR count). The fraction of sp³-hybridized carbons (Fsp3) is 0.643. The molecule has 2 heterocycles. The van der Waals surface area contributed by atoms with Crippen LogP contribution in [0.2, 0.25) is 0 Å². The zero-order valence-electron chi connectivity index (χ0n) is 12.0. The van der Waals surface area contributed by atoms with E-state index in [1.54, 1.807) is 0 Å². The van der Waals surface area contributed by atoms with Crippen LogP contribution in [0, 0.1) is 5.92 Å². The maximum atomic E-state index is 11.3. The lowest BCUT2D eigenvalue weighted by molar-refractivity contribution is -0.138. The summed E-state index contributed by atoms with van der Waals surface area (Å²) >= 11 is 0. The van der Waals surface area contributed by atoms with Gasteiger partial charge in [-0.1, -0.05) is 13.8 Å². The van der Waals surface area contributed by atoms with E-state index in [1.165, 1.54) is 19.2 Å². The molecule has 1 aliphatic heterocycles. The van der Waals surface area contributed by atoms with Crippen LogP contribution in [-0.2, 0) is 4.79 Å². The lowest BCUT2D eigenvalue weighted by Gasteiger charge is -2.19. The summed E-state index contributed by atoms with van der Waals surface area (Å²) in [4.78, 5) is 21.9. The number of rotatable bonds is 6. The smallest absolute Gasteiger partial charge is 0.326 e. The van der Waals surface area contributed by atoms with Gasteiger partial charge in [-0.25, -0.2) is 14.8 Å². The number of aromatic nitrogens is 2. The third-order valence-corrected chi connectivity index (χ3v) is 3.41. The van der Waals surface area contributed by atoms with E-state index < -0.39 is 12.0 Å². The van der Waals surface area contributed by atoms with Crippen LogP contribution in [0.15, 0.2) is 12.4 Å². The summed E-state index contributed by atoms with van der Waals surface area (Å²) in [6, 6.07) is 1.22. The van der Waals surface area contributed by atoms with Gasteiger partial charge >= 0.3 is 5.97 Å². The molecule has 0 bridgehead atoms. The molecule has 1 fully saturated rings. The van der Waals surface area contributed by atoms with Crippen molar-refractivity contribution in [2.75, 3.05) is 23.3 Å². The predicted molar refractivity (Wildman–Crippen MR) is 78.0 cm³/mol. The van der Waals surface area contributed by atoms with Gasteiger partial charge < -0.3 is 15.3 Å². The molecular formula is C14H22N4O2. The van der Waals surface area contributed by atoms with Crippen molar-refractivity contribution in [3.8, 4) is 0 Å². The minimum absolute atomic E-state index is 0.309. The van der Waals surface area contributed by atoms with Crippen molar-refractivity contribution in [2.45, 2.75) is 39.2 Å². The third kappa shape index (κ3) is 3.82. The van der Waals surface area contributed by atoms with E-state index in [9.17, 15) is 9.90 Å². The van der Waals surface area contributed by atoms with E-state index in [4.69, 9.17) is 0 Å². The second-order valence-electron chi connectivity index (χ2n) is 5.62. The summed E-state index contributed by atoms with van der Waals surface area (Å²) in [5.74, 6) is 0.909. The van der Waals surface area contributed by atoms with E-state index >= 15 is 0 Å². The molecule has 0 aromatic carbocycles. The van der Waals surface area contributed by atoms with E-state index in [0.29, 0.717) is 18.2 Å².